The molecule has 0 saturated heterocycles. The molecule has 0 fully saturated rings. The molecule has 112 valence electrons. The van der Waals surface area contributed by atoms with E-state index >= 15 is 0 Å². The monoisotopic (exact) mass is 288 g/mol. The zero-order valence-electron chi connectivity index (χ0n) is 13.2. The smallest absolute Gasteiger partial charge is 0.0152 e. The quantitative estimate of drug-likeness (QED) is 0.658. The molecule has 22 heavy (non-hydrogen) atoms. The second-order valence-electron chi connectivity index (χ2n) is 6.56. The van der Waals surface area contributed by atoms with Gasteiger partial charge in [-0.2, -0.15) is 0 Å². The molecule has 1 aliphatic rings. The van der Waals surface area contributed by atoms with Crippen molar-refractivity contribution in [1.82, 2.24) is 0 Å². The Balaban J connectivity index is 1.87. The topological polar surface area (TPSA) is 0 Å². The Morgan fingerprint density at radius 1 is 0.727 bits per heavy atom. The van der Waals surface area contributed by atoms with Gasteiger partial charge in [-0.3, -0.25) is 0 Å². The fraction of sp³-hybridized carbons (Fsp3) is 0.364. The van der Waals surface area contributed by atoms with Gasteiger partial charge in [-0.15, -0.1) is 11.8 Å². The summed E-state index contributed by atoms with van der Waals surface area (Å²) in [6.45, 7) is 0. The lowest BCUT2D eigenvalue weighted by Crippen LogP contribution is -2.27. The first-order chi connectivity index (χ1) is 10.9. The minimum atomic E-state index is 0.288. The average molecular weight is 288 g/mol. The van der Waals surface area contributed by atoms with E-state index in [0.717, 1.165) is 25.7 Å². The molecule has 0 bridgehead atoms. The van der Waals surface area contributed by atoms with Crippen molar-refractivity contribution in [3.63, 3.8) is 0 Å². The predicted octanol–water partition coefficient (Wildman–Crippen LogP) is 5.43. The summed E-state index contributed by atoms with van der Waals surface area (Å²) >= 11 is 0. The van der Waals surface area contributed by atoms with E-state index in [2.05, 4.69) is 72.5 Å². The van der Waals surface area contributed by atoms with Crippen molar-refractivity contribution < 1.29 is 0 Å². The van der Waals surface area contributed by atoms with E-state index in [4.69, 9.17) is 0 Å². The van der Waals surface area contributed by atoms with Gasteiger partial charge in [0.15, 0.2) is 0 Å². The molecule has 0 unspecified atom stereocenters. The zero-order chi connectivity index (χ0) is 15.1. The van der Waals surface area contributed by atoms with Crippen molar-refractivity contribution in [2.45, 2.75) is 44.9 Å². The van der Waals surface area contributed by atoms with E-state index in [-0.39, 0.29) is 5.41 Å². The third-order valence-corrected chi connectivity index (χ3v) is 4.69. The molecule has 1 aliphatic carbocycles. The third-order valence-electron chi connectivity index (χ3n) is 4.69. The summed E-state index contributed by atoms with van der Waals surface area (Å²) in [6, 6.07) is 21.9. The van der Waals surface area contributed by atoms with Gasteiger partial charge in [0.25, 0.3) is 0 Å². The molecule has 0 nitrogen and oxygen atoms in total. The standard InChI is InChI=1S/C22H24/c1-2-10-16-22(17-11-3-1,18-20-12-6-4-7-13-20)19-21-14-8-5-9-15-21/h4-9,12-15H,1-2,10,16-19H2. The lowest BCUT2D eigenvalue weighted by atomic mass is 9.70. The van der Waals surface area contributed by atoms with Crippen LogP contribution in [0.4, 0.5) is 0 Å². The highest BCUT2D eigenvalue weighted by atomic mass is 14.3. The average Bonchev–Trinajstić information content (AvgIpc) is 2.53. The third kappa shape index (κ3) is 4.01. The molecule has 0 aliphatic heterocycles. The Morgan fingerprint density at radius 3 is 1.91 bits per heavy atom. The number of hydrogen-bond acceptors (Lipinski definition) is 0. The highest BCUT2D eigenvalue weighted by molar-refractivity contribution is 5.22. The Bertz CT molecular complexity index is 586. The maximum absolute atomic E-state index is 3.47. The van der Waals surface area contributed by atoms with Crippen LogP contribution in [0.5, 0.6) is 0 Å². The van der Waals surface area contributed by atoms with Gasteiger partial charge in [-0.05, 0) is 42.2 Å². The predicted molar refractivity (Wildman–Crippen MR) is 93.6 cm³/mol. The van der Waals surface area contributed by atoms with Crippen molar-refractivity contribution >= 4 is 0 Å². The van der Waals surface area contributed by atoms with Crippen LogP contribution in [0.2, 0.25) is 0 Å². The van der Waals surface area contributed by atoms with Crippen LogP contribution in [0.15, 0.2) is 60.7 Å². The summed E-state index contributed by atoms with van der Waals surface area (Å²) < 4.78 is 0. The Hall–Kier alpha value is -2.00. The number of rotatable bonds is 4. The first kappa shape index (κ1) is 14.9. The van der Waals surface area contributed by atoms with Crippen molar-refractivity contribution in [3.8, 4) is 11.8 Å². The zero-order valence-corrected chi connectivity index (χ0v) is 13.2. The molecule has 0 heterocycles. The highest BCUT2D eigenvalue weighted by Crippen LogP contribution is 2.37. The van der Waals surface area contributed by atoms with Gasteiger partial charge in [-0.1, -0.05) is 67.1 Å². The largest absolute Gasteiger partial charge is 0.103 e. The molecule has 0 heteroatoms. The fourth-order valence-electron chi connectivity index (χ4n) is 3.56. The van der Waals surface area contributed by atoms with Crippen molar-refractivity contribution in [3.05, 3.63) is 71.8 Å². The molecule has 0 N–H and O–H groups in total. The second kappa shape index (κ2) is 7.32. The molecule has 0 aromatic heterocycles. The Kier molecular flexibility index (Phi) is 4.96. The van der Waals surface area contributed by atoms with E-state index in [0.29, 0.717) is 0 Å². The maximum Gasteiger partial charge on any atom is 0.0152 e. The maximum atomic E-state index is 3.47. The summed E-state index contributed by atoms with van der Waals surface area (Å²) in [7, 11) is 0. The Morgan fingerprint density at radius 2 is 1.32 bits per heavy atom. The lowest BCUT2D eigenvalue weighted by molar-refractivity contribution is 0.253. The fourth-order valence-corrected chi connectivity index (χ4v) is 3.56. The van der Waals surface area contributed by atoms with E-state index in [1.54, 1.807) is 0 Å². The Labute approximate surface area is 134 Å². The van der Waals surface area contributed by atoms with Gasteiger partial charge in [0, 0.05) is 12.8 Å². The normalized spacial score (nSPS) is 16.9. The van der Waals surface area contributed by atoms with Gasteiger partial charge < -0.3 is 0 Å². The lowest BCUT2D eigenvalue weighted by Gasteiger charge is -2.33. The van der Waals surface area contributed by atoms with Crippen LogP contribution < -0.4 is 0 Å². The molecular formula is C22H24. The van der Waals surface area contributed by atoms with Crippen LogP contribution in [-0.4, -0.2) is 0 Å². The van der Waals surface area contributed by atoms with Crippen LogP contribution in [-0.2, 0) is 12.8 Å². The molecule has 0 amide bonds. The number of benzene rings is 2. The summed E-state index contributed by atoms with van der Waals surface area (Å²) in [6.07, 6.45) is 8.20. The second-order valence-corrected chi connectivity index (χ2v) is 6.56. The summed E-state index contributed by atoms with van der Waals surface area (Å²) in [5.74, 6) is 6.83. The first-order valence-corrected chi connectivity index (χ1v) is 8.40. The molecule has 0 spiro atoms. The molecule has 2 aromatic rings. The molecule has 0 radical (unpaired) electrons. The number of hydrogen-bond donors (Lipinski definition) is 0. The molecule has 2 aromatic carbocycles. The van der Waals surface area contributed by atoms with Crippen molar-refractivity contribution in [2.24, 2.45) is 5.41 Å². The van der Waals surface area contributed by atoms with Gasteiger partial charge in [0.1, 0.15) is 0 Å². The minimum Gasteiger partial charge on any atom is -0.103 e. The minimum absolute atomic E-state index is 0.288. The van der Waals surface area contributed by atoms with E-state index in [1.165, 1.54) is 30.4 Å². The van der Waals surface area contributed by atoms with Crippen LogP contribution >= 0.6 is 0 Å². The van der Waals surface area contributed by atoms with Gasteiger partial charge >= 0.3 is 0 Å². The van der Waals surface area contributed by atoms with Crippen molar-refractivity contribution in [1.29, 1.82) is 0 Å². The van der Waals surface area contributed by atoms with E-state index in [9.17, 15) is 0 Å². The van der Waals surface area contributed by atoms with E-state index in [1.807, 2.05) is 0 Å². The van der Waals surface area contributed by atoms with Crippen LogP contribution in [0.25, 0.3) is 0 Å². The van der Waals surface area contributed by atoms with Crippen LogP contribution in [0, 0.1) is 17.3 Å². The van der Waals surface area contributed by atoms with Crippen LogP contribution in [0.1, 0.15) is 43.2 Å². The van der Waals surface area contributed by atoms with Crippen LogP contribution in [0.3, 0.4) is 0 Å². The molecular weight excluding hydrogens is 264 g/mol. The van der Waals surface area contributed by atoms with Gasteiger partial charge in [0.05, 0.1) is 0 Å². The van der Waals surface area contributed by atoms with E-state index < -0.39 is 0 Å². The summed E-state index contributed by atoms with van der Waals surface area (Å²) in [4.78, 5) is 0. The SMILES string of the molecule is C1#CCC(Cc2ccccc2)(Cc2ccccc2)CCCC1. The molecule has 3 rings (SSSR count). The molecule has 0 saturated carbocycles. The summed E-state index contributed by atoms with van der Waals surface area (Å²) in [5, 5.41) is 0. The molecule has 0 atom stereocenters. The van der Waals surface area contributed by atoms with Gasteiger partial charge in [-0.25, -0.2) is 0 Å². The highest BCUT2D eigenvalue weighted by Gasteiger charge is 2.30. The van der Waals surface area contributed by atoms with Gasteiger partial charge in [0.2, 0.25) is 0 Å². The first-order valence-electron chi connectivity index (χ1n) is 8.40. The summed E-state index contributed by atoms with van der Waals surface area (Å²) in [5.41, 5.74) is 3.18. The van der Waals surface area contributed by atoms with Crippen molar-refractivity contribution in [2.75, 3.05) is 0 Å².